The molecule has 9 heteroatoms. The molecule has 0 aliphatic carbocycles. The van der Waals surface area contributed by atoms with Crippen LogP contribution in [-0.4, -0.2) is 19.3 Å². The monoisotopic (exact) mass is 455 g/mol. The van der Waals surface area contributed by atoms with Gasteiger partial charge in [-0.2, -0.15) is 0 Å². The summed E-state index contributed by atoms with van der Waals surface area (Å²) < 4.78 is 27.3. The van der Waals surface area contributed by atoms with Crippen LogP contribution in [0.15, 0.2) is 75.6 Å². The van der Waals surface area contributed by atoms with Gasteiger partial charge in [-0.3, -0.25) is 9.52 Å². The number of nitrogens with zero attached hydrogens (tertiary/aromatic N) is 1. The first-order chi connectivity index (χ1) is 14.4. The standard InChI is InChI=1S/C21H17N3O3S3/c1-14-22-19(13-29-14)15-4-8-17(9-5-15)23-21(25)16-6-10-18(11-7-16)24-30(26,27)20-3-2-12-28-20/h2-13,24H,1H3,(H,23,25). The van der Waals surface area contributed by atoms with Gasteiger partial charge in [-0.15, -0.1) is 22.7 Å². The first-order valence-electron chi connectivity index (χ1n) is 8.91. The Kier molecular flexibility index (Phi) is 5.67. The molecule has 2 N–H and O–H groups in total. The van der Waals surface area contributed by atoms with E-state index in [9.17, 15) is 13.2 Å². The summed E-state index contributed by atoms with van der Waals surface area (Å²) in [6.07, 6.45) is 0. The van der Waals surface area contributed by atoms with Crippen molar-refractivity contribution >= 4 is 50.0 Å². The second kappa shape index (κ2) is 8.39. The summed E-state index contributed by atoms with van der Waals surface area (Å²) in [6, 6.07) is 17.0. The van der Waals surface area contributed by atoms with Crippen molar-refractivity contribution in [2.75, 3.05) is 10.0 Å². The second-order valence-corrected chi connectivity index (χ2v) is 10.3. The van der Waals surface area contributed by atoms with Gasteiger partial charge in [-0.05, 0) is 54.8 Å². The summed E-state index contributed by atoms with van der Waals surface area (Å²) in [7, 11) is -3.61. The van der Waals surface area contributed by atoms with Crippen LogP contribution in [0.4, 0.5) is 11.4 Å². The molecule has 0 saturated heterocycles. The van der Waals surface area contributed by atoms with Crippen molar-refractivity contribution in [3.63, 3.8) is 0 Å². The molecule has 2 aromatic heterocycles. The molecule has 0 fully saturated rings. The first-order valence-corrected chi connectivity index (χ1v) is 12.2. The summed E-state index contributed by atoms with van der Waals surface area (Å²) in [5, 5.41) is 7.54. The van der Waals surface area contributed by atoms with Gasteiger partial charge in [-0.25, -0.2) is 13.4 Å². The van der Waals surface area contributed by atoms with Crippen molar-refractivity contribution in [2.45, 2.75) is 11.1 Å². The number of benzene rings is 2. The average molecular weight is 456 g/mol. The lowest BCUT2D eigenvalue weighted by Crippen LogP contribution is -2.13. The number of anilines is 2. The number of aromatic nitrogens is 1. The van der Waals surface area contributed by atoms with Crippen LogP contribution in [0.5, 0.6) is 0 Å². The van der Waals surface area contributed by atoms with E-state index in [0.29, 0.717) is 16.9 Å². The minimum atomic E-state index is -3.61. The number of hydrogen-bond acceptors (Lipinski definition) is 6. The molecule has 0 bridgehead atoms. The van der Waals surface area contributed by atoms with Gasteiger partial charge in [0, 0.05) is 27.9 Å². The highest BCUT2D eigenvalue weighted by atomic mass is 32.2. The van der Waals surface area contributed by atoms with E-state index in [2.05, 4.69) is 15.0 Å². The Morgan fingerprint density at radius 1 is 0.933 bits per heavy atom. The Hall–Kier alpha value is -3.01. The van der Waals surface area contributed by atoms with Crippen molar-refractivity contribution in [1.29, 1.82) is 0 Å². The molecule has 0 aliphatic rings. The summed E-state index contributed by atoms with van der Waals surface area (Å²) in [5.41, 5.74) is 3.38. The number of carbonyl (C=O) groups excluding carboxylic acids is 1. The molecular formula is C21H17N3O3S3. The molecule has 2 heterocycles. The maximum atomic E-state index is 12.5. The van der Waals surface area contributed by atoms with E-state index in [0.717, 1.165) is 27.6 Å². The molecule has 4 aromatic rings. The topological polar surface area (TPSA) is 88.2 Å². The van der Waals surface area contributed by atoms with Gasteiger partial charge in [0.1, 0.15) is 4.21 Å². The number of thiophene rings is 1. The number of sulfonamides is 1. The van der Waals surface area contributed by atoms with E-state index in [-0.39, 0.29) is 10.1 Å². The van der Waals surface area contributed by atoms with E-state index < -0.39 is 10.0 Å². The predicted molar refractivity (Wildman–Crippen MR) is 122 cm³/mol. The molecule has 0 saturated carbocycles. The fourth-order valence-corrected chi connectivity index (χ4v) is 5.41. The fourth-order valence-electron chi connectivity index (χ4n) is 2.74. The summed E-state index contributed by atoms with van der Waals surface area (Å²) in [6.45, 7) is 1.96. The van der Waals surface area contributed by atoms with Crippen molar-refractivity contribution in [1.82, 2.24) is 4.98 Å². The molecule has 0 radical (unpaired) electrons. The highest BCUT2D eigenvalue weighted by molar-refractivity contribution is 7.94. The van der Waals surface area contributed by atoms with Crippen molar-refractivity contribution in [3.05, 3.63) is 82.0 Å². The largest absolute Gasteiger partial charge is 0.322 e. The van der Waals surface area contributed by atoms with Gasteiger partial charge in [0.25, 0.3) is 15.9 Å². The van der Waals surface area contributed by atoms with Gasteiger partial charge < -0.3 is 5.32 Å². The van der Waals surface area contributed by atoms with Crippen LogP contribution in [0.3, 0.4) is 0 Å². The van der Waals surface area contributed by atoms with Crippen LogP contribution in [0, 0.1) is 6.92 Å². The smallest absolute Gasteiger partial charge is 0.271 e. The Morgan fingerprint density at radius 2 is 1.63 bits per heavy atom. The molecule has 2 aromatic carbocycles. The molecule has 0 aliphatic heterocycles. The molecule has 1 amide bonds. The van der Waals surface area contributed by atoms with Crippen LogP contribution in [-0.2, 0) is 10.0 Å². The van der Waals surface area contributed by atoms with E-state index in [1.54, 1.807) is 47.0 Å². The number of thiazole rings is 1. The zero-order valence-electron chi connectivity index (χ0n) is 15.8. The lowest BCUT2D eigenvalue weighted by molar-refractivity contribution is 0.102. The van der Waals surface area contributed by atoms with Gasteiger partial charge in [0.15, 0.2) is 0 Å². The minimum Gasteiger partial charge on any atom is -0.322 e. The molecule has 0 spiro atoms. The van der Waals surface area contributed by atoms with Crippen molar-refractivity contribution in [3.8, 4) is 11.3 Å². The highest BCUT2D eigenvalue weighted by Crippen LogP contribution is 2.24. The summed E-state index contributed by atoms with van der Waals surface area (Å²) in [4.78, 5) is 16.9. The highest BCUT2D eigenvalue weighted by Gasteiger charge is 2.15. The summed E-state index contributed by atoms with van der Waals surface area (Å²) >= 11 is 2.73. The molecule has 4 rings (SSSR count). The molecule has 6 nitrogen and oxygen atoms in total. The lowest BCUT2D eigenvalue weighted by Gasteiger charge is -2.08. The number of rotatable bonds is 6. The Labute approximate surface area is 182 Å². The van der Waals surface area contributed by atoms with Gasteiger partial charge in [0.2, 0.25) is 0 Å². The number of aryl methyl sites for hydroxylation is 1. The lowest BCUT2D eigenvalue weighted by atomic mass is 10.1. The van der Waals surface area contributed by atoms with E-state index in [1.165, 1.54) is 6.07 Å². The zero-order valence-corrected chi connectivity index (χ0v) is 18.3. The first kappa shape index (κ1) is 20.3. The normalized spacial score (nSPS) is 11.2. The fraction of sp³-hybridized carbons (Fsp3) is 0.0476. The van der Waals surface area contributed by atoms with Crippen LogP contribution in [0.2, 0.25) is 0 Å². The van der Waals surface area contributed by atoms with Crippen LogP contribution in [0.1, 0.15) is 15.4 Å². The van der Waals surface area contributed by atoms with Crippen LogP contribution < -0.4 is 10.0 Å². The van der Waals surface area contributed by atoms with Crippen LogP contribution >= 0.6 is 22.7 Å². The van der Waals surface area contributed by atoms with E-state index in [1.807, 2.05) is 36.6 Å². The Bertz CT molecular complexity index is 1260. The maximum absolute atomic E-state index is 12.5. The van der Waals surface area contributed by atoms with E-state index in [4.69, 9.17) is 0 Å². The average Bonchev–Trinajstić information content (AvgIpc) is 3.41. The third-order valence-corrected chi connectivity index (χ3v) is 7.77. The number of nitrogens with one attached hydrogen (secondary N) is 2. The number of amides is 1. The van der Waals surface area contributed by atoms with Gasteiger partial charge in [0.05, 0.1) is 10.7 Å². The second-order valence-electron chi connectivity index (χ2n) is 6.40. The summed E-state index contributed by atoms with van der Waals surface area (Å²) in [5.74, 6) is -0.278. The van der Waals surface area contributed by atoms with Crippen molar-refractivity contribution in [2.24, 2.45) is 0 Å². The Balaban J connectivity index is 1.41. The molecule has 152 valence electrons. The molecule has 0 atom stereocenters. The van der Waals surface area contributed by atoms with Gasteiger partial charge in [-0.1, -0.05) is 18.2 Å². The molecule has 0 unspecified atom stereocenters. The Morgan fingerprint density at radius 3 is 2.23 bits per heavy atom. The number of carbonyl (C=O) groups is 1. The minimum absolute atomic E-state index is 0.237. The predicted octanol–water partition coefficient (Wildman–Crippen LogP) is 5.23. The third-order valence-electron chi connectivity index (χ3n) is 4.22. The van der Waals surface area contributed by atoms with Gasteiger partial charge >= 0.3 is 0 Å². The maximum Gasteiger partial charge on any atom is 0.271 e. The third kappa shape index (κ3) is 4.59. The molecule has 30 heavy (non-hydrogen) atoms. The zero-order chi connectivity index (χ0) is 21.1. The number of hydrogen-bond donors (Lipinski definition) is 2. The quantitative estimate of drug-likeness (QED) is 0.416. The van der Waals surface area contributed by atoms with E-state index >= 15 is 0 Å². The molecular weight excluding hydrogens is 438 g/mol. The van der Waals surface area contributed by atoms with Crippen LogP contribution in [0.25, 0.3) is 11.3 Å². The SMILES string of the molecule is Cc1nc(-c2ccc(NC(=O)c3ccc(NS(=O)(=O)c4cccs4)cc3)cc2)cs1. The van der Waals surface area contributed by atoms with Crippen molar-refractivity contribution < 1.29 is 13.2 Å².